The molecule has 0 saturated carbocycles. The molecule has 5 nitrogen and oxygen atoms in total. The molecule has 132 valence electrons. The number of benzene rings is 1. The Hall–Kier alpha value is -1.46. The Bertz CT molecular complexity index is 590. The molecule has 0 aromatic heterocycles. The van der Waals surface area contributed by atoms with Crippen LogP contribution in [-0.4, -0.2) is 56.2 Å². The Morgan fingerprint density at radius 2 is 1.79 bits per heavy atom. The van der Waals surface area contributed by atoms with E-state index in [1.807, 2.05) is 11.0 Å². The molecule has 2 saturated heterocycles. The highest BCUT2D eigenvalue weighted by Gasteiger charge is 2.37. The Morgan fingerprint density at radius 3 is 2.38 bits per heavy atom. The van der Waals surface area contributed by atoms with E-state index in [1.54, 1.807) is 19.2 Å². The smallest absolute Gasteiger partial charge is 0.321 e. The molecule has 1 aromatic carbocycles. The fourth-order valence-corrected chi connectivity index (χ4v) is 3.98. The van der Waals surface area contributed by atoms with Crippen LogP contribution in [0, 0.1) is 5.41 Å². The summed E-state index contributed by atoms with van der Waals surface area (Å²) in [6.07, 6.45) is 4.73. The molecule has 3 rings (SSSR count). The van der Waals surface area contributed by atoms with Crippen LogP contribution in [0.1, 0.15) is 25.7 Å². The highest BCUT2D eigenvalue weighted by molar-refractivity contribution is 6.32. The quantitative estimate of drug-likeness (QED) is 0.883. The van der Waals surface area contributed by atoms with Crippen LogP contribution >= 0.6 is 11.6 Å². The van der Waals surface area contributed by atoms with Crippen LogP contribution < -0.4 is 10.1 Å². The Labute approximate surface area is 148 Å². The van der Waals surface area contributed by atoms with Gasteiger partial charge in [0, 0.05) is 18.8 Å². The summed E-state index contributed by atoms with van der Waals surface area (Å²) in [7, 11) is 3.77. The maximum atomic E-state index is 12.5. The van der Waals surface area contributed by atoms with E-state index in [2.05, 4.69) is 17.3 Å². The highest BCUT2D eigenvalue weighted by atomic mass is 35.5. The van der Waals surface area contributed by atoms with E-state index >= 15 is 0 Å². The number of amides is 2. The minimum Gasteiger partial charge on any atom is -0.495 e. The van der Waals surface area contributed by atoms with E-state index in [9.17, 15) is 4.79 Å². The standard InChI is InChI=1S/C18H26ClN3O2/c1-21-9-5-18(6-10-21)7-11-22(12-8-18)17(23)20-14-3-4-16(24-2)15(19)13-14/h3-4,13H,5-12H2,1-2H3,(H,20,23). The van der Waals surface area contributed by atoms with E-state index in [4.69, 9.17) is 16.3 Å². The SMILES string of the molecule is COc1ccc(NC(=O)N2CCC3(CCN(C)CC3)CC2)cc1Cl. The third-order valence-corrected chi connectivity index (χ3v) is 5.86. The number of anilines is 1. The molecule has 6 heteroatoms. The number of ether oxygens (including phenoxy) is 1. The summed E-state index contributed by atoms with van der Waals surface area (Å²) in [4.78, 5) is 16.8. The van der Waals surface area contributed by atoms with Crippen molar-refractivity contribution in [2.24, 2.45) is 5.41 Å². The number of methoxy groups -OCH3 is 1. The molecule has 1 N–H and O–H groups in total. The van der Waals surface area contributed by atoms with Gasteiger partial charge in [0.05, 0.1) is 12.1 Å². The minimum atomic E-state index is -0.0426. The summed E-state index contributed by atoms with van der Waals surface area (Å²) < 4.78 is 5.13. The van der Waals surface area contributed by atoms with Crippen molar-refractivity contribution in [1.29, 1.82) is 0 Å². The van der Waals surface area contributed by atoms with Crippen molar-refractivity contribution in [1.82, 2.24) is 9.80 Å². The molecular formula is C18H26ClN3O2. The first-order chi connectivity index (χ1) is 11.5. The highest BCUT2D eigenvalue weighted by Crippen LogP contribution is 2.41. The number of nitrogens with one attached hydrogen (secondary N) is 1. The van der Waals surface area contributed by atoms with E-state index < -0.39 is 0 Å². The fraction of sp³-hybridized carbons (Fsp3) is 0.611. The number of urea groups is 1. The number of likely N-dealkylation sites (tertiary alicyclic amines) is 2. The summed E-state index contributed by atoms with van der Waals surface area (Å²) >= 11 is 6.11. The van der Waals surface area contributed by atoms with Crippen LogP contribution in [0.4, 0.5) is 10.5 Å². The molecule has 2 heterocycles. The van der Waals surface area contributed by atoms with E-state index in [0.717, 1.165) is 25.9 Å². The maximum absolute atomic E-state index is 12.5. The van der Waals surface area contributed by atoms with Gasteiger partial charge in [-0.1, -0.05) is 11.6 Å². The Morgan fingerprint density at radius 1 is 1.17 bits per heavy atom. The van der Waals surface area contributed by atoms with Crippen molar-refractivity contribution in [3.63, 3.8) is 0 Å². The first kappa shape index (κ1) is 17.4. The third-order valence-electron chi connectivity index (χ3n) is 5.56. The summed E-state index contributed by atoms with van der Waals surface area (Å²) in [6, 6.07) is 5.26. The predicted octanol–water partition coefficient (Wildman–Crippen LogP) is 3.69. The number of carbonyl (C=O) groups is 1. The van der Waals surface area contributed by atoms with Crippen molar-refractivity contribution >= 4 is 23.3 Å². The van der Waals surface area contributed by atoms with Gasteiger partial charge in [-0.2, -0.15) is 0 Å². The second-order valence-corrected chi connectivity index (χ2v) is 7.48. The Balaban J connectivity index is 1.54. The lowest BCUT2D eigenvalue weighted by atomic mass is 9.71. The average molecular weight is 352 g/mol. The molecule has 0 aliphatic carbocycles. The first-order valence-corrected chi connectivity index (χ1v) is 8.97. The molecule has 2 aliphatic heterocycles. The summed E-state index contributed by atoms with van der Waals surface area (Å²) in [5, 5.41) is 3.44. The lowest BCUT2D eigenvalue weighted by molar-refractivity contribution is 0.0563. The number of halogens is 1. The van der Waals surface area contributed by atoms with Crippen LogP contribution in [0.5, 0.6) is 5.75 Å². The van der Waals surface area contributed by atoms with Gasteiger partial charge in [0.15, 0.2) is 0 Å². The van der Waals surface area contributed by atoms with Crippen molar-refractivity contribution < 1.29 is 9.53 Å². The van der Waals surface area contributed by atoms with Gasteiger partial charge >= 0.3 is 6.03 Å². The molecule has 2 amide bonds. The van der Waals surface area contributed by atoms with E-state index in [-0.39, 0.29) is 6.03 Å². The molecule has 2 fully saturated rings. The molecular weight excluding hydrogens is 326 g/mol. The lowest BCUT2D eigenvalue weighted by Gasteiger charge is -2.46. The average Bonchev–Trinajstić information content (AvgIpc) is 2.58. The number of piperidine rings is 2. The second-order valence-electron chi connectivity index (χ2n) is 7.07. The van der Waals surface area contributed by atoms with Crippen molar-refractivity contribution in [2.45, 2.75) is 25.7 Å². The van der Waals surface area contributed by atoms with Crippen molar-refractivity contribution in [3.8, 4) is 5.75 Å². The minimum absolute atomic E-state index is 0.0426. The zero-order valence-corrected chi connectivity index (χ0v) is 15.2. The number of nitrogens with zero attached hydrogens (tertiary/aromatic N) is 2. The van der Waals surface area contributed by atoms with Gasteiger partial charge in [0.1, 0.15) is 5.75 Å². The number of hydrogen-bond donors (Lipinski definition) is 1. The van der Waals surface area contributed by atoms with Gasteiger partial charge in [-0.25, -0.2) is 4.79 Å². The van der Waals surface area contributed by atoms with Crippen LogP contribution in [0.2, 0.25) is 5.02 Å². The van der Waals surface area contributed by atoms with Crippen molar-refractivity contribution in [2.75, 3.05) is 45.7 Å². The zero-order valence-electron chi connectivity index (χ0n) is 14.5. The van der Waals surface area contributed by atoms with E-state index in [1.165, 1.54) is 25.9 Å². The van der Waals surface area contributed by atoms with Gasteiger partial charge < -0.3 is 19.9 Å². The topological polar surface area (TPSA) is 44.8 Å². The largest absolute Gasteiger partial charge is 0.495 e. The van der Waals surface area contributed by atoms with E-state index in [0.29, 0.717) is 21.9 Å². The molecule has 1 spiro atoms. The van der Waals surface area contributed by atoms with Gasteiger partial charge in [-0.3, -0.25) is 0 Å². The summed E-state index contributed by atoms with van der Waals surface area (Å²) in [6.45, 7) is 4.02. The molecule has 24 heavy (non-hydrogen) atoms. The summed E-state index contributed by atoms with van der Waals surface area (Å²) in [5.41, 5.74) is 1.15. The van der Waals surface area contributed by atoms with Gasteiger partial charge in [0.25, 0.3) is 0 Å². The lowest BCUT2D eigenvalue weighted by Crippen LogP contribution is -2.48. The fourth-order valence-electron chi connectivity index (χ4n) is 3.72. The number of carbonyl (C=O) groups excluding carboxylic acids is 1. The van der Waals surface area contributed by atoms with Gasteiger partial charge in [-0.05, 0) is 69.4 Å². The normalized spacial score (nSPS) is 20.9. The maximum Gasteiger partial charge on any atom is 0.321 e. The predicted molar refractivity (Wildman–Crippen MR) is 97.0 cm³/mol. The number of hydrogen-bond acceptors (Lipinski definition) is 3. The van der Waals surface area contributed by atoms with Gasteiger partial charge in [0.2, 0.25) is 0 Å². The van der Waals surface area contributed by atoms with Crippen LogP contribution in [0.3, 0.4) is 0 Å². The van der Waals surface area contributed by atoms with Crippen LogP contribution in [0.25, 0.3) is 0 Å². The molecule has 0 radical (unpaired) electrons. The zero-order chi connectivity index (χ0) is 17.2. The van der Waals surface area contributed by atoms with Crippen LogP contribution in [-0.2, 0) is 0 Å². The summed E-state index contributed by atoms with van der Waals surface area (Å²) in [5.74, 6) is 0.608. The molecule has 0 unspecified atom stereocenters. The molecule has 0 bridgehead atoms. The molecule has 1 aromatic rings. The number of rotatable bonds is 2. The van der Waals surface area contributed by atoms with Gasteiger partial charge in [-0.15, -0.1) is 0 Å². The Kier molecular flexibility index (Phi) is 5.21. The van der Waals surface area contributed by atoms with Crippen molar-refractivity contribution in [3.05, 3.63) is 23.2 Å². The second kappa shape index (κ2) is 7.19. The molecule has 0 atom stereocenters. The molecule has 2 aliphatic rings. The third kappa shape index (κ3) is 3.78. The van der Waals surface area contributed by atoms with Crippen LogP contribution in [0.15, 0.2) is 18.2 Å². The first-order valence-electron chi connectivity index (χ1n) is 8.59. The monoisotopic (exact) mass is 351 g/mol.